The molecule has 0 atom stereocenters. The van der Waals surface area contributed by atoms with Crippen molar-refractivity contribution in [3.05, 3.63) is 40.0 Å². The largest absolute Gasteiger partial charge is 0.373 e. The van der Waals surface area contributed by atoms with Crippen LogP contribution < -0.4 is 10.6 Å². The summed E-state index contributed by atoms with van der Waals surface area (Å²) < 4.78 is 0. The molecule has 1 amide bonds. The number of carbonyl (C=O) groups excluding carboxylic acids is 1. The maximum atomic E-state index is 11.8. The molecule has 0 saturated heterocycles. The molecule has 6 heteroatoms. The van der Waals surface area contributed by atoms with Gasteiger partial charge in [0.25, 0.3) is 5.91 Å². The Hall–Kier alpha value is -1.95. The molecule has 2 N–H and O–H groups in total. The van der Waals surface area contributed by atoms with Gasteiger partial charge < -0.3 is 10.6 Å². The highest BCUT2D eigenvalue weighted by atomic mass is 32.1. The number of pyridine rings is 1. The number of nitrogens with zero attached hydrogens (tertiary/aromatic N) is 2. The maximum Gasteiger partial charge on any atom is 0.253 e. The minimum atomic E-state index is -0.143. The first-order chi connectivity index (χ1) is 8.69. The zero-order chi connectivity index (χ0) is 13.0. The molecule has 2 aromatic rings. The lowest BCUT2D eigenvalue weighted by atomic mass is 10.2. The fourth-order valence-electron chi connectivity index (χ4n) is 1.44. The lowest BCUT2D eigenvalue weighted by Crippen LogP contribution is -2.23. The van der Waals surface area contributed by atoms with Crippen molar-refractivity contribution in [1.82, 2.24) is 15.3 Å². The molecule has 0 saturated carbocycles. The Kier molecular flexibility index (Phi) is 3.88. The molecular formula is C12H14N4OS. The first kappa shape index (κ1) is 12.5. The summed E-state index contributed by atoms with van der Waals surface area (Å²) in [4.78, 5) is 20.2. The zero-order valence-electron chi connectivity index (χ0n) is 10.2. The van der Waals surface area contributed by atoms with E-state index in [4.69, 9.17) is 0 Å². The van der Waals surface area contributed by atoms with Gasteiger partial charge in [0.2, 0.25) is 0 Å². The molecule has 0 aliphatic heterocycles. The molecule has 2 aromatic heterocycles. The molecule has 18 heavy (non-hydrogen) atoms. The van der Waals surface area contributed by atoms with Crippen molar-refractivity contribution in [2.45, 2.75) is 13.5 Å². The molecule has 94 valence electrons. The monoisotopic (exact) mass is 262 g/mol. The summed E-state index contributed by atoms with van der Waals surface area (Å²) in [6, 6.07) is 3.50. The number of carbonyl (C=O) groups is 1. The molecule has 0 bridgehead atoms. The SMILES string of the molecule is CNc1ccc(C(=O)NCc2csc(C)n2)cn1. The van der Waals surface area contributed by atoms with E-state index in [2.05, 4.69) is 20.6 Å². The highest BCUT2D eigenvalue weighted by Gasteiger charge is 2.06. The Morgan fingerprint density at radius 3 is 2.83 bits per heavy atom. The lowest BCUT2D eigenvalue weighted by Gasteiger charge is -2.04. The topological polar surface area (TPSA) is 66.9 Å². The van der Waals surface area contributed by atoms with Gasteiger partial charge in [0.15, 0.2) is 0 Å². The number of rotatable bonds is 4. The standard InChI is InChI=1S/C12H14N4OS/c1-8-16-10(7-18-8)6-15-12(17)9-3-4-11(13-2)14-5-9/h3-5,7H,6H2,1-2H3,(H,13,14)(H,15,17). The molecule has 0 aromatic carbocycles. The average molecular weight is 262 g/mol. The molecule has 5 nitrogen and oxygen atoms in total. The van der Waals surface area contributed by atoms with E-state index in [0.717, 1.165) is 16.5 Å². The van der Waals surface area contributed by atoms with Gasteiger partial charge in [-0.05, 0) is 19.1 Å². The predicted molar refractivity (Wildman–Crippen MR) is 71.8 cm³/mol. The first-order valence-corrected chi connectivity index (χ1v) is 6.40. The quantitative estimate of drug-likeness (QED) is 0.882. The number of hydrogen-bond acceptors (Lipinski definition) is 5. The number of anilines is 1. The summed E-state index contributed by atoms with van der Waals surface area (Å²) in [5, 5.41) is 8.65. The van der Waals surface area contributed by atoms with Gasteiger partial charge in [0.1, 0.15) is 5.82 Å². The van der Waals surface area contributed by atoms with Gasteiger partial charge >= 0.3 is 0 Å². The first-order valence-electron chi connectivity index (χ1n) is 5.52. The third-order valence-electron chi connectivity index (χ3n) is 2.38. The van der Waals surface area contributed by atoms with E-state index in [1.165, 1.54) is 0 Å². The van der Waals surface area contributed by atoms with Gasteiger partial charge in [0.05, 0.1) is 22.8 Å². The van der Waals surface area contributed by atoms with E-state index < -0.39 is 0 Å². The van der Waals surface area contributed by atoms with E-state index in [1.54, 1.807) is 36.7 Å². The summed E-state index contributed by atoms with van der Waals surface area (Å²) >= 11 is 1.57. The van der Waals surface area contributed by atoms with Crippen LogP contribution in [-0.2, 0) is 6.54 Å². The summed E-state index contributed by atoms with van der Waals surface area (Å²) in [5.41, 5.74) is 1.42. The van der Waals surface area contributed by atoms with Crippen molar-refractivity contribution in [3.63, 3.8) is 0 Å². The maximum absolute atomic E-state index is 11.8. The fourth-order valence-corrected chi connectivity index (χ4v) is 2.05. The molecular weight excluding hydrogens is 248 g/mol. The van der Waals surface area contributed by atoms with Crippen LogP contribution in [0, 0.1) is 6.92 Å². The van der Waals surface area contributed by atoms with Crippen molar-refractivity contribution in [2.75, 3.05) is 12.4 Å². The van der Waals surface area contributed by atoms with E-state index >= 15 is 0 Å². The Bertz CT molecular complexity index is 535. The van der Waals surface area contributed by atoms with Crippen LogP contribution in [0.2, 0.25) is 0 Å². The Morgan fingerprint density at radius 2 is 2.28 bits per heavy atom. The summed E-state index contributed by atoms with van der Waals surface area (Å²) in [7, 11) is 1.78. The zero-order valence-corrected chi connectivity index (χ0v) is 11.0. The van der Waals surface area contributed by atoms with Crippen LogP contribution in [0.5, 0.6) is 0 Å². The molecule has 0 radical (unpaired) electrons. The molecule has 0 unspecified atom stereocenters. The minimum Gasteiger partial charge on any atom is -0.373 e. The average Bonchev–Trinajstić information content (AvgIpc) is 2.82. The predicted octanol–water partition coefficient (Wildman–Crippen LogP) is 1.82. The normalized spacial score (nSPS) is 10.1. The number of amides is 1. The summed E-state index contributed by atoms with van der Waals surface area (Å²) in [6.07, 6.45) is 1.55. The van der Waals surface area contributed by atoms with Crippen LogP contribution in [0.1, 0.15) is 21.1 Å². The van der Waals surface area contributed by atoms with E-state index in [0.29, 0.717) is 12.1 Å². The van der Waals surface area contributed by atoms with Crippen LogP contribution in [0.3, 0.4) is 0 Å². The highest BCUT2D eigenvalue weighted by Crippen LogP contribution is 2.08. The van der Waals surface area contributed by atoms with E-state index in [9.17, 15) is 4.79 Å². The van der Waals surface area contributed by atoms with Crippen LogP contribution >= 0.6 is 11.3 Å². The van der Waals surface area contributed by atoms with Crippen molar-refractivity contribution >= 4 is 23.1 Å². The van der Waals surface area contributed by atoms with Gasteiger partial charge in [-0.2, -0.15) is 0 Å². The van der Waals surface area contributed by atoms with E-state index in [1.807, 2.05) is 12.3 Å². The van der Waals surface area contributed by atoms with Crippen LogP contribution in [0.15, 0.2) is 23.7 Å². The lowest BCUT2D eigenvalue weighted by molar-refractivity contribution is 0.0950. The molecule has 0 fully saturated rings. The number of nitrogens with one attached hydrogen (secondary N) is 2. The third-order valence-corrected chi connectivity index (χ3v) is 3.20. The number of hydrogen-bond donors (Lipinski definition) is 2. The van der Waals surface area contributed by atoms with Crippen LogP contribution in [0.25, 0.3) is 0 Å². The van der Waals surface area contributed by atoms with E-state index in [-0.39, 0.29) is 5.91 Å². The van der Waals surface area contributed by atoms with Gasteiger partial charge in [-0.25, -0.2) is 9.97 Å². The van der Waals surface area contributed by atoms with Crippen molar-refractivity contribution in [3.8, 4) is 0 Å². The Labute approximate surface area is 109 Å². The van der Waals surface area contributed by atoms with Crippen molar-refractivity contribution < 1.29 is 4.79 Å². The number of aryl methyl sites for hydroxylation is 1. The summed E-state index contributed by atoms with van der Waals surface area (Å²) in [6.45, 7) is 2.38. The second kappa shape index (κ2) is 5.59. The van der Waals surface area contributed by atoms with Gasteiger partial charge in [-0.15, -0.1) is 11.3 Å². The molecule has 0 aliphatic rings. The van der Waals surface area contributed by atoms with Gasteiger partial charge in [-0.1, -0.05) is 0 Å². The fraction of sp³-hybridized carbons (Fsp3) is 0.250. The van der Waals surface area contributed by atoms with Crippen molar-refractivity contribution in [1.29, 1.82) is 0 Å². The number of aromatic nitrogens is 2. The Morgan fingerprint density at radius 1 is 1.44 bits per heavy atom. The smallest absolute Gasteiger partial charge is 0.253 e. The highest BCUT2D eigenvalue weighted by molar-refractivity contribution is 7.09. The van der Waals surface area contributed by atoms with Crippen LogP contribution in [-0.4, -0.2) is 22.9 Å². The second-order valence-corrected chi connectivity index (χ2v) is 4.78. The summed E-state index contributed by atoms with van der Waals surface area (Å²) in [5.74, 6) is 0.595. The molecule has 0 aliphatic carbocycles. The second-order valence-electron chi connectivity index (χ2n) is 3.72. The van der Waals surface area contributed by atoms with Gasteiger partial charge in [-0.3, -0.25) is 4.79 Å². The molecule has 2 rings (SSSR count). The Balaban J connectivity index is 1.94. The minimum absolute atomic E-state index is 0.143. The number of thiazole rings is 1. The van der Waals surface area contributed by atoms with Crippen molar-refractivity contribution in [2.24, 2.45) is 0 Å². The molecule has 0 spiro atoms. The molecule has 2 heterocycles. The van der Waals surface area contributed by atoms with Gasteiger partial charge in [0, 0.05) is 18.6 Å². The van der Waals surface area contributed by atoms with Crippen LogP contribution in [0.4, 0.5) is 5.82 Å². The third kappa shape index (κ3) is 3.04.